The lowest BCUT2D eigenvalue weighted by molar-refractivity contribution is -0.123. The van der Waals surface area contributed by atoms with Crippen molar-refractivity contribution in [1.29, 1.82) is 0 Å². The molecule has 3 rings (SSSR count). The summed E-state index contributed by atoms with van der Waals surface area (Å²) in [6.07, 6.45) is 0. The Balaban J connectivity index is 1.57. The zero-order chi connectivity index (χ0) is 23.1. The summed E-state index contributed by atoms with van der Waals surface area (Å²) < 4.78 is 33.5. The maximum Gasteiger partial charge on any atom is 0.258 e. The monoisotopic (exact) mass is 472 g/mol. The van der Waals surface area contributed by atoms with Crippen LogP contribution in [0.1, 0.15) is 29.7 Å². The van der Waals surface area contributed by atoms with Gasteiger partial charge in [-0.25, -0.2) is 13.1 Å². The summed E-state index contributed by atoms with van der Waals surface area (Å²) in [5.74, 6) is -0.0797. The number of amides is 1. The Morgan fingerprint density at radius 1 is 1.03 bits per heavy atom. The number of ether oxygens (including phenoxy) is 1. The van der Waals surface area contributed by atoms with Gasteiger partial charge in [-0.1, -0.05) is 71.8 Å². The predicted octanol–water partition coefficient (Wildman–Crippen LogP) is 4.38. The molecule has 0 unspecified atom stereocenters. The summed E-state index contributed by atoms with van der Waals surface area (Å²) in [4.78, 5) is 12.1. The molecule has 1 atom stereocenters. The third kappa shape index (κ3) is 6.56. The number of hydrogen-bond donors (Lipinski definition) is 2. The minimum atomic E-state index is -3.79. The lowest BCUT2D eigenvalue weighted by atomic mass is 10.1. The maximum atomic E-state index is 12.7. The summed E-state index contributed by atoms with van der Waals surface area (Å²) in [7, 11) is -3.79. The number of halogens is 1. The quantitative estimate of drug-likeness (QED) is 0.484. The van der Waals surface area contributed by atoms with Gasteiger partial charge in [0, 0.05) is 12.6 Å². The molecule has 3 aromatic rings. The SMILES string of the molecule is Cc1ccc(CNC(=O)COc2ccc(S(=O)(=O)N[C@H](C)c3ccccc3)cc2Cl)cc1. The number of sulfonamides is 1. The molecule has 168 valence electrons. The average Bonchev–Trinajstić information content (AvgIpc) is 2.78. The van der Waals surface area contributed by atoms with E-state index in [1.54, 1.807) is 6.92 Å². The summed E-state index contributed by atoms with van der Waals surface area (Å²) in [6, 6.07) is 20.8. The first kappa shape index (κ1) is 23.8. The molecule has 0 saturated carbocycles. The van der Waals surface area contributed by atoms with Crippen molar-refractivity contribution < 1.29 is 17.9 Å². The molecule has 0 spiro atoms. The first-order chi connectivity index (χ1) is 15.2. The molecule has 0 radical (unpaired) electrons. The molecule has 0 aromatic heterocycles. The molecule has 8 heteroatoms. The van der Waals surface area contributed by atoms with Crippen LogP contribution < -0.4 is 14.8 Å². The van der Waals surface area contributed by atoms with Crippen molar-refractivity contribution >= 4 is 27.5 Å². The van der Waals surface area contributed by atoms with E-state index in [2.05, 4.69) is 10.0 Å². The van der Waals surface area contributed by atoms with E-state index in [9.17, 15) is 13.2 Å². The van der Waals surface area contributed by atoms with Crippen molar-refractivity contribution in [2.75, 3.05) is 6.61 Å². The molecule has 0 saturated heterocycles. The van der Waals surface area contributed by atoms with E-state index >= 15 is 0 Å². The molecule has 1 amide bonds. The minimum Gasteiger partial charge on any atom is -0.482 e. The van der Waals surface area contributed by atoms with Crippen molar-refractivity contribution in [2.45, 2.75) is 31.3 Å². The lowest BCUT2D eigenvalue weighted by Crippen LogP contribution is -2.28. The lowest BCUT2D eigenvalue weighted by Gasteiger charge is -2.15. The molecule has 2 N–H and O–H groups in total. The zero-order valence-electron chi connectivity index (χ0n) is 17.8. The molecular formula is C24H25ClN2O4S. The van der Waals surface area contributed by atoms with Crippen LogP contribution in [0.2, 0.25) is 5.02 Å². The molecule has 0 heterocycles. The van der Waals surface area contributed by atoms with Crippen LogP contribution in [0.5, 0.6) is 5.75 Å². The van der Waals surface area contributed by atoms with Crippen LogP contribution in [0.25, 0.3) is 0 Å². The molecule has 0 fully saturated rings. The fraction of sp³-hybridized carbons (Fsp3) is 0.208. The van der Waals surface area contributed by atoms with Gasteiger partial charge in [0.05, 0.1) is 9.92 Å². The van der Waals surface area contributed by atoms with Gasteiger partial charge in [0.2, 0.25) is 10.0 Å². The summed E-state index contributed by atoms with van der Waals surface area (Å²) in [5, 5.41) is 2.87. The van der Waals surface area contributed by atoms with Crippen molar-refractivity contribution in [3.8, 4) is 5.75 Å². The highest BCUT2D eigenvalue weighted by Crippen LogP contribution is 2.28. The van der Waals surface area contributed by atoms with Crippen molar-refractivity contribution in [2.24, 2.45) is 0 Å². The van der Waals surface area contributed by atoms with Crippen LogP contribution >= 0.6 is 11.6 Å². The van der Waals surface area contributed by atoms with Crippen molar-refractivity contribution in [3.63, 3.8) is 0 Å². The van der Waals surface area contributed by atoms with Crippen molar-refractivity contribution in [3.05, 3.63) is 94.5 Å². The standard InChI is InChI=1S/C24H25ClN2O4S/c1-17-8-10-19(11-9-17)15-26-24(28)16-31-23-13-12-21(14-22(23)25)32(29,30)27-18(2)20-6-4-3-5-7-20/h3-14,18,27H,15-16H2,1-2H3,(H,26,28)/t18-/m1/s1. The normalized spacial score (nSPS) is 12.2. The number of carbonyl (C=O) groups is 1. The second-order valence-electron chi connectivity index (χ2n) is 7.40. The first-order valence-corrected chi connectivity index (χ1v) is 11.9. The summed E-state index contributed by atoms with van der Waals surface area (Å²) in [6.45, 7) is 3.91. The van der Waals surface area contributed by atoms with Crippen LogP contribution in [0.15, 0.2) is 77.7 Å². The van der Waals surface area contributed by atoms with Crippen LogP contribution in [0.4, 0.5) is 0 Å². The number of carbonyl (C=O) groups excluding carboxylic acids is 1. The average molecular weight is 473 g/mol. The highest BCUT2D eigenvalue weighted by atomic mass is 35.5. The van der Waals surface area contributed by atoms with Crippen LogP contribution in [-0.2, 0) is 21.4 Å². The largest absolute Gasteiger partial charge is 0.482 e. The molecule has 3 aromatic carbocycles. The van der Waals surface area contributed by atoms with Crippen molar-refractivity contribution in [1.82, 2.24) is 10.0 Å². The topological polar surface area (TPSA) is 84.5 Å². The van der Waals surface area contributed by atoms with Gasteiger partial charge in [-0.3, -0.25) is 4.79 Å². The fourth-order valence-corrected chi connectivity index (χ4v) is 4.53. The van der Waals surface area contributed by atoms with E-state index in [1.165, 1.54) is 18.2 Å². The van der Waals surface area contributed by atoms with E-state index in [1.807, 2.05) is 61.5 Å². The third-order valence-electron chi connectivity index (χ3n) is 4.81. The second kappa shape index (κ2) is 10.6. The minimum absolute atomic E-state index is 0.0152. The van der Waals surface area contributed by atoms with E-state index in [4.69, 9.17) is 16.3 Å². The Hall–Kier alpha value is -2.87. The highest BCUT2D eigenvalue weighted by molar-refractivity contribution is 7.89. The Kier molecular flexibility index (Phi) is 7.90. The van der Waals surface area contributed by atoms with Gasteiger partial charge in [0.1, 0.15) is 5.75 Å². The molecule has 0 aliphatic rings. The van der Waals surface area contributed by atoms with Crippen LogP contribution in [0, 0.1) is 6.92 Å². The first-order valence-electron chi connectivity index (χ1n) is 10.1. The van der Waals surface area contributed by atoms with Crippen LogP contribution in [0.3, 0.4) is 0 Å². The van der Waals surface area contributed by atoms with Gasteiger partial charge >= 0.3 is 0 Å². The fourth-order valence-electron chi connectivity index (χ4n) is 2.98. The van der Waals surface area contributed by atoms with Gasteiger partial charge in [-0.15, -0.1) is 0 Å². The molecule has 6 nitrogen and oxygen atoms in total. The van der Waals surface area contributed by atoms with E-state index in [0.717, 1.165) is 16.7 Å². The zero-order valence-corrected chi connectivity index (χ0v) is 19.4. The number of benzene rings is 3. The highest BCUT2D eigenvalue weighted by Gasteiger charge is 2.20. The van der Waals surface area contributed by atoms with E-state index in [0.29, 0.717) is 6.54 Å². The smallest absolute Gasteiger partial charge is 0.258 e. The van der Waals surface area contributed by atoms with Gasteiger partial charge in [-0.2, -0.15) is 0 Å². The molecule has 0 aliphatic carbocycles. The number of nitrogens with one attached hydrogen (secondary N) is 2. The van der Waals surface area contributed by atoms with Gasteiger partial charge in [0.15, 0.2) is 6.61 Å². The molecule has 0 aliphatic heterocycles. The third-order valence-corrected chi connectivity index (χ3v) is 6.65. The Bertz CT molecular complexity index is 1170. The van der Waals surface area contributed by atoms with E-state index < -0.39 is 16.1 Å². The van der Waals surface area contributed by atoms with Crippen LogP contribution in [-0.4, -0.2) is 20.9 Å². The van der Waals surface area contributed by atoms with Gasteiger partial charge in [-0.05, 0) is 43.2 Å². The molecular weight excluding hydrogens is 448 g/mol. The summed E-state index contributed by atoms with van der Waals surface area (Å²) >= 11 is 6.21. The number of hydrogen-bond acceptors (Lipinski definition) is 4. The summed E-state index contributed by atoms with van der Waals surface area (Å²) in [5.41, 5.74) is 2.97. The van der Waals surface area contributed by atoms with Gasteiger partial charge < -0.3 is 10.1 Å². The Labute approximate surface area is 193 Å². The maximum absolute atomic E-state index is 12.7. The molecule has 32 heavy (non-hydrogen) atoms. The second-order valence-corrected chi connectivity index (χ2v) is 9.52. The predicted molar refractivity (Wildman–Crippen MR) is 125 cm³/mol. The van der Waals surface area contributed by atoms with E-state index in [-0.39, 0.29) is 28.2 Å². The number of rotatable bonds is 9. The van der Waals surface area contributed by atoms with Gasteiger partial charge in [0.25, 0.3) is 5.91 Å². The Morgan fingerprint density at radius 2 is 1.72 bits per heavy atom. The number of aryl methyl sites for hydroxylation is 1. The Morgan fingerprint density at radius 3 is 2.38 bits per heavy atom. The molecule has 0 bridgehead atoms.